The van der Waals surface area contributed by atoms with E-state index in [2.05, 4.69) is 4.98 Å². The number of aromatic nitrogens is 1. The highest BCUT2D eigenvalue weighted by atomic mass is 32.2. The van der Waals surface area contributed by atoms with Crippen molar-refractivity contribution in [1.82, 2.24) is 9.29 Å². The molecular formula is C25H28N2O6S. The number of carbonyl (C=O) groups excluding carboxylic acids is 1. The summed E-state index contributed by atoms with van der Waals surface area (Å²) in [5, 5.41) is 0.761. The number of nitrogens with zero attached hydrogens (tertiary/aromatic N) is 1. The molecule has 0 radical (unpaired) electrons. The SMILES string of the molecule is CCOC(=O)c1ccc(S(=O)(=O)N(Cc2cc3cc(OC)ccc3[nH]c2=O)C2CCCC2)cc1. The number of sulfonamides is 1. The van der Waals surface area contributed by atoms with Crippen molar-refractivity contribution in [3.05, 3.63) is 70.0 Å². The Morgan fingerprint density at radius 2 is 1.79 bits per heavy atom. The van der Waals surface area contributed by atoms with Crippen molar-refractivity contribution < 1.29 is 22.7 Å². The lowest BCUT2D eigenvalue weighted by molar-refractivity contribution is 0.0526. The average Bonchev–Trinajstić information content (AvgIpc) is 3.37. The largest absolute Gasteiger partial charge is 0.497 e. The van der Waals surface area contributed by atoms with E-state index in [1.165, 1.54) is 28.6 Å². The van der Waals surface area contributed by atoms with Gasteiger partial charge in [0.15, 0.2) is 0 Å². The molecule has 1 aliphatic rings. The second-order valence-electron chi connectivity index (χ2n) is 8.31. The number of benzene rings is 2. The van der Waals surface area contributed by atoms with Crippen LogP contribution in [0.2, 0.25) is 0 Å². The van der Waals surface area contributed by atoms with E-state index in [0.29, 0.717) is 16.8 Å². The van der Waals surface area contributed by atoms with Crippen molar-refractivity contribution in [2.75, 3.05) is 13.7 Å². The highest BCUT2D eigenvalue weighted by molar-refractivity contribution is 7.89. The molecule has 3 aromatic rings. The molecule has 34 heavy (non-hydrogen) atoms. The second-order valence-corrected chi connectivity index (χ2v) is 10.2. The normalized spacial score (nSPS) is 14.6. The number of nitrogens with one attached hydrogen (secondary N) is 1. The molecule has 0 bridgehead atoms. The van der Waals surface area contributed by atoms with Gasteiger partial charge in [0.1, 0.15) is 5.75 Å². The fraction of sp³-hybridized carbons (Fsp3) is 0.360. The Morgan fingerprint density at radius 1 is 1.09 bits per heavy atom. The quantitative estimate of drug-likeness (QED) is 0.487. The average molecular weight is 485 g/mol. The molecule has 1 saturated carbocycles. The van der Waals surface area contributed by atoms with Gasteiger partial charge in [0.2, 0.25) is 10.0 Å². The molecule has 0 saturated heterocycles. The molecule has 180 valence electrons. The van der Waals surface area contributed by atoms with Crippen LogP contribution in [0.5, 0.6) is 5.75 Å². The number of H-pyrrole nitrogens is 1. The third-order valence-corrected chi connectivity index (χ3v) is 8.07. The van der Waals surface area contributed by atoms with Crippen LogP contribution in [-0.4, -0.2) is 43.4 Å². The van der Waals surface area contributed by atoms with E-state index in [-0.39, 0.29) is 35.2 Å². The summed E-state index contributed by atoms with van der Waals surface area (Å²) in [4.78, 5) is 27.7. The molecule has 1 fully saturated rings. The molecule has 1 N–H and O–H groups in total. The number of rotatable bonds is 8. The van der Waals surface area contributed by atoms with Gasteiger partial charge in [-0.2, -0.15) is 4.31 Å². The van der Waals surface area contributed by atoms with Crippen molar-refractivity contribution in [2.45, 2.75) is 50.1 Å². The molecule has 0 unspecified atom stereocenters. The molecule has 4 rings (SSSR count). The number of carbonyl (C=O) groups is 1. The Kier molecular flexibility index (Phi) is 7.04. The number of hydrogen-bond donors (Lipinski definition) is 1. The zero-order valence-corrected chi connectivity index (χ0v) is 20.1. The Labute approximate surface area is 198 Å². The number of hydrogen-bond acceptors (Lipinski definition) is 6. The lowest BCUT2D eigenvalue weighted by Crippen LogP contribution is -2.39. The minimum atomic E-state index is -3.92. The summed E-state index contributed by atoms with van der Waals surface area (Å²) in [7, 11) is -2.35. The van der Waals surface area contributed by atoms with Crippen LogP contribution in [0.4, 0.5) is 0 Å². The van der Waals surface area contributed by atoms with Crippen LogP contribution in [0.15, 0.2) is 58.2 Å². The standard InChI is InChI=1S/C25H28N2O6S/c1-3-33-25(29)17-8-11-22(12-9-17)34(30,31)27(20-6-4-5-7-20)16-19-14-18-15-21(32-2)10-13-23(18)26-24(19)28/h8-15,20H,3-7,16H2,1-2H3,(H,26,28). The van der Waals surface area contributed by atoms with Gasteiger partial charge >= 0.3 is 5.97 Å². The van der Waals surface area contributed by atoms with E-state index in [9.17, 15) is 18.0 Å². The highest BCUT2D eigenvalue weighted by Crippen LogP contribution is 2.30. The topological polar surface area (TPSA) is 106 Å². The maximum atomic E-state index is 13.7. The second kappa shape index (κ2) is 9.99. The third-order valence-electron chi connectivity index (χ3n) is 6.16. The molecule has 0 atom stereocenters. The summed E-state index contributed by atoms with van der Waals surface area (Å²) < 4.78 is 39.1. The van der Waals surface area contributed by atoms with Gasteiger partial charge in [0, 0.05) is 29.1 Å². The first-order valence-electron chi connectivity index (χ1n) is 11.3. The van der Waals surface area contributed by atoms with E-state index in [1.54, 1.807) is 38.3 Å². The Hall–Kier alpha value is -3.17. The van der Waals surface area contributed by atoms with Crippen molar-refractivity contribution in [2.24, 2.45) is 0 Å². The van der Waals surface area contributed by atoms with Gasteiger partial charge in [0.25, 0.3) is 5.56 Å². The summed E-state index contributed by atoms with van der Waals surface area (Å²) in [5.74, 6) is 0.143. The lowest BCUT2D eigenvalue weighted by atomic mass is 10.1. The van der Waals surface area contributed by atoms with Crippen LogP contribution < -0.4 is 10.3 Å². The summed E-state index contributed by atoms with van der Waals surface area (Å²) >= 11 is 0. The molecule has 0 amide bonds. The fourth-order valence-corrected chi connectivity index (χ4v) is 6.02. The lowest BCUT2D eigenvalue weighted by Gasteiger charge is -2.28. The summed E-state index contributed by atoms with van der Waals surface area (Å²) in [6.45, 7) is 1.90. The Morgan fingerprint density at radius 3 is 2.44 bits per heavy atom. The van der Waals surface area contributed by atoms with Gasteiger partial charge in [0.05, 0.1) is 24.2 Å². The third kappa shape index (κ3) is 4.85. The van der Waals surface area contributed by atoms with Crippen LogP contribution >= 0.6 is 0 Å². The number of fused-ring (bicyclic) bond motifs is 1. The van der Waals surface area contributed by atoms with E-state index >= 15 is 0 Å². The predicted molar refractivity (Wildman–Crippen MR) is 129 cm³/mol. The molecule has 8 nitrogen and oxygen atoms in total. The molecule has 0 spiro atoms. The van der Waals surface area contributed by atoms with E-state index in [4.69, 9.17) is 9.47 Å². The van der Waals surface area contributed by atoms with Crippen molar-refractivity contribution in [3.8, 4) is 5.75 Å². The van der Waals surface area contributed by atoms with Crippen molar-refractivity contribution in [1.29, 1.82) is 0 Å². The van der Waals surface area contributed by atoms with Gasteiger partial charge in [-0.25, -0.2) is 13.2 Å². The maximum absolute atomic E-state index is 13.7. The predicted octanol–water partition coefficient (Wildman–Crippen LogP) is 3.85. The fourth-order valence-electron chi connectivity index (χ4n) is 4.36. The summed E-state index contributed by atoms with van der Waals surface area (Å²) in [5.41, 5.74) is 0.973. The minimum absolute atomic E-state index is 0.0465. The van der Waals surface area contributed by atoms with Crippen LogP contribution in [0.3, 0.4) is 0 Å². The smallest absolute Gasteiger partial charge is 0.338 e. The molecule has 1 heterocycles. The first kappa shape index (κ1) is 24.0. The Bertz CT molecular complexity index is 1340. The zero-order chi connectivity index (χ0) is 24.3. The zero-order valence-electron chi connectivity index (χ0n) is 19.2. The number of esters is 1. The van der Waals surface area contributed by atoms with Crippen LogP contribution in [-0.2, 0) is 21.3 Å². The van der Waals surface area contributed by atoms with Gasteiger partial charge in [-0.1, -0.05) is 12.8 Å². The number of ether oxygens (including phenoxy) is 2. The minimum Gasteiger partial charge on any atom is -0.497 e. The number of pyridine rings is 1. The highest BCUT2D eigenvalue weighted by Gasteiger charge is 2.34. The summed E-state index contributed by atoms with van der Waals surface area (Å²) in [6, 6.07) is 12.6. The van der Waals surface area contributed by atoms with E-state index in [0.717, 1.165) is 31.1 Å². The molecule has 9 heteroatoms. The molecule has 1 aromatic heterocycles. The number of aromatic amines is 1. The Balaban J connectivity index is 1.70. The molecule has 1 aliphatic carbocycles. The summed E-state index contributed by atoms with van der Waals surface area (Å²) in [6.07, 6.45) is 3.34. The maximum Gasteiger partial charge on any atom is 0.338 e. The van der Waals surface area contributed by atoms with E-state index < -0.39 is 16.0 Å². The van der Waals surface area contributed by atoms with E-state index in [1.807, 2.05) is 0 Å². The molecule has 0 aliphatic heterocycles. The first-order valence-corrected chi connectivity index (χ1v) is 12.8. The monoisotopic (exact) mass is 484 g/mol. The van der Waals surface area contributed by atoms with Crippen LogP contribution in [0.25, 0.3) is 10.9 Å². The first-order chi connectivity index (χ1) is 16.3. The van der Waals surface area contributed by atoms with Gasteiger partial charge in [-0.15, -0.1) is 0 Å². The van der Waals surface area contributed by atoms with Crippen LogP contribution in [0.1, 0.15) is 48.5 Å². The van der Waals surface area contributed by atoms with Gasteiger partial charge < -0.3 is 14.5 Å². The number of methoxy groups -OCH3 is 1. The van der Waals surface area contributed by atoms with Crippen molar-refractivity contribution in [3.63, 3.8) is 0 Å². The molecule has 2 aromatic carbocycles. The van der Waals surface area contributed by atoms with Gasteiger partial charge in [-0.3, -0.25) is 4.79 Å². The van der Waals surface area contributed by atoms with Crippen LogP contribution in [0, 0.1) is 0 Å². The van der Waals surface area contributed by atoms with Crippen molar-refractivity contribution >= 4 is 26.9 Å². The van der Waals surface area contributed by atoms with Gasteiger partial charge in [-0.05, 0) is 68.3 Å². The molecular weight excluding hydrogens is 456 g/mol.